The lowest BCUT2D eigenvalue weighted by molar-refractivity contribution is -0.111. The molecule has 4 rings (SSSR count). The number of ether oxygens (including phenoxy) is 1. The van der Waals surface area contributed by atoms with E-state index >= 15 is 0 Å². The molecule has 1 heterocycles. The average Bonchev–Trinajstić information content (AvgIpc) is 3.26. The fourth-order valence-corrected chi connectivity index (χ4v) is 3.65. The van der Waals surface area contributed by atoms with Crippen molar-refractivity contribution in [2.75, 3.05) is 5.32 Å². The van der Waals surface area contributed by atoms with E-state index in [2.05, 4.69) is 10.3 Å². The smallest absolute Gasteiger partial charge is 0.250 e. The van der Waals surface area contributed by atoms with E-state index < -0.39 is 0 Å². The number of nitrogens with one attached hydrogen (secondary N) is 1. The summed E-state index contributed by atoms with van der Waals surface area (Å²) in [6, 6.07) is 25.8. The monoisotopic (exact) mass is 426 g/mol. The van der Waals surface area contributed by atoms with E-state index in [0.29, 0.717) is 11.7 Å². The van der Waals surface area contributed by atoms with Crippen LogP contribution in [0, 0.1) is 6.92 Å². The summed E-state index contributed by atoms with van der Waals surface area (Å²) in [6.07, 6.45) is 3.28. The van der Waals surface area contributed by atoms with Crippen LogP contribution in [0.5, 0.6) is 5.75 Å². The van der Waals surface area contributed by atoms with E-state index in [1.165, 1.54) is 23.0 Å². The minimum Gasteiger partial charge on any atom is -0.489 e. The fourth-order valence-electron chi connectivity index (χ4n) is 2.92. The van der Waals surface area contributed by atoms with Crippen LogP contribution in [0.2, 0.25) is 0 Å². The normalized spacial score (nSPS) is 10.9. The topological polar surface area (TPSA) is 51.2 Å². The van der Waals surface area contributed by atoms with Crippen LogP contribution < -0.4 is 10.1 Å². The molecule has 4 aromatic rings. The summed E-state index contributed by atoms with van der Waals surface area (Å²) in [5.41, 5.74) is 5.13. The summed E-state index contributed by atoms with van der Waals surface area (Å²) < 4.78 is 5.79. The zero-order valence-corrected chi connectivity index (χ0v) is 17.9. The molecule has 0 atom stereocenters. The van der Waals surface area contributed by atoms with Gasteiger partial charge in [-0.1, -0.05) is 72.3 Å². The molecule has 0 fully saturated rings. The van der Waals surface area contributed by atoms with Gasteiger partial charge >= 0.3 is 0 Å². The van der Waals surface area contributed by atoms with Gasteiger partial charge in [0.2, 0.25) is 5.91 Å². The molecule has 4 nitrogen and oxygen atoms in total. The van der Waals surface area contributed by atoms with Crippen LogP contribution in [0.15, 0.2) is 90.3 Å². The Bertz CT molecular complexity index is 1160. The van der Waals surface area contributed by atoms with Crippen molar-refractivity contribution in [3.63, 3.8) is 0 Å². The summed E-state index contributed by atoms with van der Waals surface area (Å²) in [4.78, 5) is 16.7. The van der Waals surface area contributed by atoms with E-state index in [1.54, 1.807) is 6.08 Å². The molecule has 0 aliphatic carbocycles. The number of carbonyl (C=O) groups is 1. The molecular formula is C26H22N2O2S. The van der Waals surface area contributed by atoms with Crippen molar-refractivity contribution in [1.82, 2.24) is 4.98 Å². The first-order chi connectivity index (χ1) is 15.2. The highest BCUT2D eigenvalue weighted by atomic mass is 32.1. The Hall–Kier alpha value is -3.70. The highest BCUT2D eigenvalue weighted by Crippen LogP contribution is 2.25. The minimum absolute atomic E-state index is 0.214. The number of carbonyl (C=O) groups excluding carboxylic acids is 1. The SMILES string of the molecule is Cc1ccc(-c2csc(NC(=O)C=Cc3ccc(OCc4ccccc4)cc3)n2)cc1. The van der Waals surface area contributed by atoms with E-state index in [1.807, 2.05) is 91.2 Å². The third-order valence-electron chi connectivity index (χ3n) is 4.64. The number of amides is 1. The van der Waals surface area contributed by atoms with Crippen LogP contribution in [-0.2, 0) is 11.4 Å². The standard InChI is InChI=1S/C26H22N2O2S/c1-19-7-12-22(13-8-19)24-18-31-26(27-24)28-25(29)16-11-20-9-14-23(15-10-20)30-17-21-5-3-2-4-6-21/h2-16,18H,17H2,1H3,(H,27,28,29). The van der Waals surface area contributed by atoms with Crippen LogP contribution in [0.4, 0.5) is 5.13 Å². The third kappa shape index (κ3) is 5.90. The quantitative estimate of drug-likeness (QED) is 0.350. The van der Waals surface area contributed by atoms with Gasteiger partial charge in [0.25, 0.3) is 0 Å². The Morgan fingerprint density at radius 2 is 1.74 bits per heavy atom. The summed E-state index contributed by atoms with van der Waals surface area (Å²) in [5.74, 6) is 0.575. The molecule has 0 bridgehead atoms. The zero-order chi connectivity index (χ0) is 21.5. The van der Waals surface area contributed by atoms with Crippen molar-refractivity contribution in [1.29, 1.82) is 0 Å². The van der Waals surface area contributed by atoms with Crippen molar-refractivity contribution in [3.05, 3.63) is 107 Å². The Morgan fingerprint density at radius 1 is 1.00 bits per heavy atom. The lowest BCUT2D eigenvalue weighted by Gasteiger charge is -2.06. The third-order valence-corrected chi connectivity index (χ3v) is 5.39. The van der Waals surface area contributed by atoms with Crippen LogP contribution in [0.3, 0.4) is 0 Å². The zero-order valence-electron chi connectivity index (χ0n) is 17.1. The van der Waals surface area contributed by atoms with Gasteiger partial charge in [0.15, 0.2) is 5.13 Å². The molecule has 0 saturated heterocycles. The van der Waals surface area contributed by atoms with Gasteiger partial charge in [0.05, 0.1) is 5.69 Å². The van der Waals surface area contributed by atoms with Gasteiger partial charge in [0.1, 0.15) is 12.4 Å². The number of benzene rings is 3. The molecule has 0 radical (unpaired) electrons. The summed E-state index contributed by atoms with van der Waals surface area (Å²) in [6.45, 7) is 2.57. The molecule has 1 N–H and O–H groups in total. The average molecular weight is 427 g/mol. The Kier molecular flexibility index (Phi) is 6.55. The second-order valence-corrected chi connectivity index (χ2v) is 7.93. The van der Waals surface area contributed by atoms with Gasteiger partial charge in [0, 0.05) is 17.0 Å². The molecule has 0 spiro atoms. The maximum Gasteiger partial charge on any atom is 0.250 e. The molecular weight excluding hydrogens is 404 g/mol. The van der Waals surface area contributed by atoms with Gasteiger partial charge in [-0.25, -0.2) is 4.98 Å². The van der Waals surface area contributed by atoms with Gasteiger partial charge in [-0.2, -0.15) is 0 Å². The van der Waals surface area contributed by atoms with Gasteiger partial charge in [-0.3, -0.25) is 10.1 Å². The Morgan fingerprint density at radius 3 is 2.48 bits per heavy atom. The second kappa shape index (κ2) is 9.87. The van der Waals surface area contributed by atoms with E-state index in [4.69, 9.17) is 4.74 Å². The fraction of sp³-hybridized carbons (Fsp3) is 0.0769. The first-order valence-corrected chi connectivity index (χ1v) is 10.8. The Labute approximate surface area is 185 Å². The molecule has 0 saturated carbocycles. The molecule has 154 valence electrons. The number of aryl methyl sites for hydroxylation is 1. The maximum absolute atomic E-state index is 12.2. The summed E-state index contributed by atoms with van der Waals surface area (Å²) >= 11 is 1.41. The lowest BCUT2D eigenvalue weighted by Crippen LogP contribution is -2.07. The Balaban J connectivity index is 1.30. The van der Waals surface area contributed by atoms with Crippen LogP contribution >= 0.6 is 11.3 Å². The van der Waals surface area contributed by atoms with Crippen molar-refractivity contribution in [2.45, 2.75) is 13.5 Å². The predicted molar refractivity (Wildman–Crippen MR) is 127 cm³/mol. The van der Waals surface area contributed by atoms with Crippen molar-refractivity contribution in [2.24, 2.45) is 0 Å². The van der Waals surface area contributed by atoms with Crippen LogP contribution in [0.1, 0.15) is 16.7 Å². The lowest BCUT2D eigenvalue weighted by atomic mass is 10.1. The number of thiazole rings is 1. The van der Waals surface area contributed by atoms with Crippen molar-refractivity contribution >= 4 is 28.5 Å². The predicted octanol–water partition coefficient (Wildman–Crippen LogP) is 6.35. The van der Waals surface area contributed by atoms with Gasteiger partial charge in [-0.05, 0) is 36.3 Å². The van der Waals surface area contributed by atoms with Gasteiger partial charge < -0.3 is 4.74 Å². The number of anilines is 1. The second-order valence-electron chi connectivity index (χ2n) is 7.07. The highest BCUT2D eigenvalue weighted by Gasteiger charge is 2.06. The maximum atomic E-state index is 12.2. The molecule has 1 aromatic heterocycles. The van der Waals surface area contributed by atoms with E-state index in [0.717, 1.165) is 28.1 Å². The highest BCUT2D eigenvalue weighted by molar-refractivity contribution is 7.14. The van der Waals surface area contributed by atoms with E-state index in [9.17, 15) is 4.79 Å². The van der Waals surface area contributed by atoms with Crippen LogP contribution in [-0.4, -0.2) is 10.9 Å². The minimum atomic E-state index is -0.214. The van der Waals surface area contributed by atoms with Crippen molar-refractivity contribution < 1.29 is 9.53 Å². The number of nitrogens with zero attached hydrogens (tertiary/aromatic N) is 1. The number of aromatic nitrogens is 1. The van der Waals surface area contributed by atoms with Crippen molar-refractivity contribution in [3.8, 4) is 17.0 Å². The summed E-state index contributed by atoms with van der Waals surface area (Å²) in [7, 11) is 0. The summed E-state index contributed by atoms with van der Waals surface area (Å²) in [5, 5.41) is 5.34. The molecule has 0 aliphatic rings. The van der Waals surface area contributed by atoms with Crippen LogP contribution in [0.25, 0.3) is 17.3 Å². The molecule has 31 heavy (non-hydrogen) atoms. The first kappa shape index (κ1) is 20.6. The molecule has 0 unspecified atom stereocenters. The van der Waals surface area contributed by atoms with E-state index in [-0.39, 0.29) is 5.91 Å². The molecule has 0 aliphatic heterocycles. The molecule has 5 heteroatoms. The first-order valence-electron chi connectivity index (χ1n) is 9.94. The largest absolute Gasteiger partial charge is 0.489 e. The number of hydrogen-bond acceptors (Lipinski definition) is 4. The molecule has 1 amide bonds. The van der Waals surface area contributed by atoms with Gasteiger partial charge in [-0.15, -0.1) is 11.3 Å². The molecule has 3 aromatic carbocycles. The number of rotatable bonds is 7. The number of hydrogen-bond donors (Lipinski definition) is 1.